The summed E-state index contributed by atoms with van der Waals surface area (Å²) in [6, 6.07) is 16.3. The maximum Gasteiger partial charge on any atom is 0.308 e. The number of unbranched alkanes of at least 4 members (excludes halogenated alkanes) is 32. The fourth-order valence-electron chi connectivity index (χ4n) is 14.8. The van der Waals surface area contributed by atoms with E-state index in [4.69, 9.17) is 37.9 Å². The Morgan fingerprint density at radius 2 is 0.375 bits per heavy atom. The third-order valence-corrected chi connectivity index (χ3v) is 19.9. The first kappa shape index (κ1) is 80.6. The van der Waals surface area contributed by atoms with Crippen molar-refractivity contribution in [3.8, 4) is 46.0 Å². The Morgan fingerprint density at radius 3 is 0.521 bits per heavy atom. The van der Waals surface area contributed by atoms with E-state index in [-0.39, 0.29) is 0 Å². The summed E-state index contributed by atoms with van der Waals surface area (Å²) in [5.74, 6) is 0.127. The highest BCUT2D eigenvalue weighted by Gasteiger charge is 2.36. The number of fused-ring (bicyclic) bond motifs is 8. The Labute approximate surface area is 581 Å². The van der Waals surface area contributed by atoms with Crippen LogP contribution in [0.5, 0.6) is 46.0 Å². The van der Waals surface area contributed by atoms with Crippen LogP contribution in [0.1, 0.15) is 380 Å². The summed E-state index contributed by atoms with van der Waals surface area (Å²) in [6.45, 7) is 14.8. The number of carbonyl (C=O) groups is 4. The summed E-state index contributed by atoms with van der Waals surface area (Å²) in [6.07, 6.45) is 43.7. The van der Waals surface area contributed by atoms with Gasteiger partial charge in [-0.2, -0.15) is 0 Å². The van der Waals surface area contributed by atoms with Crippen molar-refractivity contribution in [1.82, 2.24) is 0 Å². The van der Waals surface area contributed by atoms with Crippen molar-refractivity contribution in [3.05, 3.63) is 93.0 Å². The molecule has 0 N–H and O–H groups in total. The molecule has 4 aromatic carbocycles. The molecule has 1 aliphatic rings. The molecular formula is C84H128O12. The Kier molecular flexibility index (Phi) is 38.9. The van der Waals surface area contributed by atoms with Crippen LogP contribution in [0.4, 0.5) is 0 Å². The third kappa shape index (κ3) is 26.7. The van der Waals surface area contributed by atoms with Crippen molar-refractivity contribution in [1.29, 1.82) is 0 Å². The van der Waals surface area contributed by atoms with Crippen molar-refractivity contribution in [2.75, 3.05) is 28.4 Å². The van der Waals surface area contributed by atoms with Gasteiger partial charge in [-0.05, 0) is 49.9 Å². The van der Waals surface area contributed by atoms with Gasteiger partial charge in [0.05, 0.1) is 28.4 Å². The highest BCUT2D eigenvalue weighted by Crippen LogP contribution is 2.54. The van der Waals surface area contributed by atoms with E-state index in [0.29, 0.717) is 71.7 Å². The minimum absolute atomic E-state index is 0.384. The van der Waals surface area contributed by atoms with Gasteiger partial charge >= 0.3 is 23.9 Å². The smallest absolute Gasteiger partial charge is 0.308 e. The molecule has 0 saturated heterocycles. The molecule has 0 heterocycles. The molecule has 0 amide bonds. The molecular weight excluding hydrogens is 1200 g/mol. The van der Waals surface area contributed by atoms with Crippen molar-refractivity contribution in [3.63, 3.8) is 0 Å². The van der Waals surface area contributed by atoms with Gasteiger partial charge in [-0.15, -0.1) is 0 Å². The van der Waals surface area contributed by atoms with Crippen LogP contribution in [-0.2, 0) is 19.2 Å². The summed E-state index contributed by atoms with van der Waals surface area (Å²) < 4.78 is 51.8. The molecule has 1 aliphatic carbocycles. The lowest BCUT2D eigenvalue weighted by Gasteiger charge is -2.31. The first-order valence-electron chi connectivity index (χ1n) is 38.3. The predicted molar refractivity (Wildman–Crippen MR) is 392 cm³/mol. The van der Waals surface area contributed by atoms with Gasteiger partial charge in [0.15, 0.2) is 0 Å². The van der Waals surface area contributed by atoms with Gasteiger partial charge in [0.1, 0.15) is 46.0 Å². The number of carbonyl (C=O) groups excluding carboxylic acids is 4. The fourth-order valence-corrected chi connectivity index (χ4v) is 14.8. The summed E-state index contributed by atoms with van der Waals surface area (Å²) in [7, 11) is 6.67. The lowest BCUT2D eigenvalue weighted by atomic mass is 9.76. The van der Waals surface area contributed by atoms with Crippen LogP contribution in [-0.4, -0.2) is 52.3 Å². The van der Waals surface area contributed by atoms with E-state index < -0.39 is 47.5 Å². The lowest BCUT2D eigenvalue weighted by Crippen LogP contribution is -2.17. The first-order chi connectivity index (χ1) is 46.7. The summed E-state index contributed by atoms with van der Waals surface area (Å²) in [5.41, 5.74) is 6.61. The second kappa shape index (κ2) is 46.3. The van der Waals surface area contributed by atoms with E-state index in [9.17, 15) is 19.2 Å². The number of rotatable bonds is 48. The fraction of sp³-hybridized carbons (Fsp3) is 0.667. The number of benzene rings is 4. The van der Waals surface area contributed by atoms with Crippen molar-refractivity contribution < 1.29 is 57.1 Å². The quantitative estimate of drug-likeness (QED) is 0.0236. The third-order valence-electron chi connectivity index (χ3n) is 19.9. The standard InChI is InChI=1S/C84H128O12/c1-13-17-21-25-29-33-37-41-45-49-65-69-53-74(82(94-62(6)86)57-77(69)89-9)67(51-47-43-39-35-31-27-23-19-15-3)71-55-76(84(96-64(8)88)59-79(71)91-11)68(52-48-44-40-36-32-28-24-20-16-4)72-56-75(83(95-63(7)87)60-80(72)92-12)66(50-46-42-38-34-30-26-22-18-14-2)70-54-73(65)81(93-61(5)85)58-78(70)90-10/h53-60,65-68H,13-52H2,1-12H3. The SMILES string of the molecule is CCCCCCCCCCCC1c2cc(c(OC(C)=O)cc2OC)C(CCCCCCCCCCC)c2cc(c(OC(C)=O)cc2OC)C(CCCCCCCCCCC)c2cc(c(OC(C)=O)cc2OC)C(CCCCCCCCCCC)c2cc1c(OC(C)=O)cc2OC. The van der Waals surface area contributed by atoms with Crippen molar-refractivity contribution in [2.24, 2.45) is 0 Å². The molecule has 0 spiro atoms. The highest BCUT2D eigenvalue weighted by molar-refractivity contribution is 5.75. The van der Waals surface area contributed by atoms with E-state index in [1.165, 1.54) is 156 Å². The average Bonchev–Trinajstić information content (AvgIpc) is 0.755. The monoisotopic (exact) mass is 1330 g/mol. The second-order valence-corrected chi connectivity index (χ2v) is 27.6. The lowest BCUT2D eigenvalue weighted by molar-refractivity contribution is -0.132. The molecule has 5 rings (SSSR count). The molecule has 96 heavy (non-hydrogen) atoms. The zero-order valence-corrected chi connectivity index (χ0v) is 62.1. The van der Waals surface area contributed by atoms with E-state index >= 15 is 0 Å². The van der Waals surface area contributed by atoms with Crippen LogP contribution in [0.15, 0.2) is 48.5 Å². The number of methoxy groups -OCH3 is 4. The average molecular weight is 1330 g/mol. The summed E-state index contributed by atoms with van der Waals surface area (Å²) in [4.78, 5) is 54.6. The minimum atomic E-state index is -0.463. The van der Waals surface area contributed by atoms with Crippen molar-refractivity contribution in [2.45, 2.75) is 336 Å². The molecule has 0 fully saturated rings. The molecule has 12 heteroatoms. The summed E-state index contributed by atoms with van der Waals surface area (Å²) >= 11 is 0. The molecule has 4 atom stereocenters. The van der Waals surface area contributed by atoms with Gasteiger partial charge in [0, 0.05) is 120 Å². The van der Waals surface area contributed by atoms with Gasteiger partial charge in [0.25, 0.3) is 0 Å². The van der Waals surface area contributed by atoms with Gasteiger partial charge in [-0.25, -0.2) is 0 Å². The van der Waals surface area contributed by atoms with Gasteiger partial charge in [-0.3, -0.25) is 19.2 Å². The molecule has 0 saturated carbocycles. The van der Waals surface area contributed by atoms with Crippen LogP contribution in [0.25, 0.3) is 0 Å². The highest BCUT2D eigenvalue weighted by atomic mass is 16.6. The first-order valence-corrected chi connectivity index (χ1v) is 38.3. The Bertz CT molecular complexity index is 2530. The van der Waals surface area contributed by atoms with E-state index in [0.717, 1.165) is 147 Å². The van der Waals surface area contributed by atoms with E-state index in [1.807, 2.05) is 24.3 Å². The molecule has 0 aliphatic heterocycles. The largest absolute Gasteiger partial charge is 0.496 e. The summed E-state index contributed by atoms with van der Waals surface area (Å²) in [5, 5.41) is 0. The Morgan fingerprint density at radius 1 is 0.229 bits per heavy atom. The van der Waals surface area contributed by atoms with Crippen LogP contribution >= 0.6 is 0 Å². The molecule has 12 nitrogen and oxygen atoms in total. The van der Waals surface area contributed by atoms with E-state index in [2.05, 4.69) is 52.0 Å². The van der Waals surface area contributed by atoms with Gasteiger partial charge < -0.3 is 37.9 Å². The predicted octanol–water partition coefficient (Wildman–Crippen LogP) is 23.9. The molecule has 0 radical (unpaired) electrons. The number of ether oxygens (including phenoxy) is 8. The van der Waals surface area contributed by atoms with Gasteiger partial charge in [0.2, 0.25) is 0 Å². The number of hydrogen-bond donors (Lipinski definition) is 0. The second-order valence-electron chi connectivity index (χ2n) is 27.6. The molecule has 536 valence electrons. The topological polar surface area (TPSA) is 142 Å². The van der Waals surface area contributed by atoms with Crippen LogP contribution < -0.4 is 37.9 Å². The van der Waals surface area contributed by atoms with Crippen LogP contribution in [0, 0.1) is 0 Å². The van der Waals surface area contributed by atoms with E-state index in [1.54, 1.807) is 28.4 Å². The molecule has 8 bridgehead atoms. The van der Waals surface area contributed by atoms with Crippen LogP contribution in [0.2, 0.25) is 0 Å². The molecule has 4 aromatic rings. The van der Waals surface area contributed by atoms with Crippen LogP contribution in [0.3, 0.4) is 0 Å². The normalized spacial score (nSPS) is 15.0. The maximum absolute atomic E-state index is 13.7. The Hall–Kier alpha value is -6.04. The number of esters is 4. The molecule has 4 unspecified atom stereocenters. The zero-order valence-electron chi connectivity index (χ0n) is 62.1. The maximum atomic E-state index is 13.7. The van der Waals surface area contributed by atoms with Crippen molar-refractivity contribution >= 4 is 23.9 Å². The molecule has 0 aromatic heterocycles. The van der Waals surface area contributed by atoms with Gasteiger partial charge in [-0.1, -0.05) is 259 Å². The number of hydrogen-bond acceptors (Lipinski definition) is 12. The zero-order chi connectivity index (χ0) is 69.5. The Balaban J connectivity index is 1.99. The minimum Gasteiger partial charge on any atom is -0.496 e.